The fourth-order valence-electron chi connectivity index (χ4n) is 3.28. The van der Waals surface area contributed by atoms with E-state index < -0.39 is 23.5 Å². The average molecular weight is 375 g/mol. The van der Waals surface area contributed by atoms with Crippen molar-refractivity contribution in [3.8, 4) is 11.5 Å². The second-order valence-electron chi connectivity index (χ2n) is 6.77. The Labute approximate surface area is 156 Å². The van der Waals surface area contributed by atoms with Crippen LogP contribution in [0.3, 0.4) is 0 Å². The van der Waals surface area contributed by atoms with E-state index in [2.05, 4.69) is 10.1 Å². The van der Waals surface area contributed by atoms with Gasteiger partial charge in [-0.1, -0.05) is 6.07 Å². The number of methoxy groups -OCH3 is 2. The average Bonchev–Trinajstić information content (AvgIpc) is 2.87. The van der Waals surface area contributed by atoms with Crippen LogP contribution < -0.4 is 14.8 Å². The summed E-state index contributed by atoms with van der Waals surface area (Å²) in [4.78, 5) is 35.9. The van der Waals surface area contributed by atoms with Crippen LogP contribution in [-0.2, 0) is 23.9 Å². The van der Waals surface area contributed by atoms with Crippen molar-refractivity contribution < 1.29 is 33.3 Å². The van der Waals surface area contributed by atoms with Crippen LogP contribution in [0.15, 0.2) is 29.5 Å². The Balaban J connectivity index is 1.96. The van der Waals surface area contributed by atoms with Crippen LogP contribution >= 0.6 is 0 Å². The van der Waals surface area contributed by atoms with Gasteiger partial charge in [0.2, 0.25) is 5.91 Å². The first kappa shape index (κ1) is 18.8. The summed E-state index contributed by atoms with van der Waals surface area (Å²) < 4.78 is 20.7. The van der Waals surface area contributed by atoms with Crippen LogP contribution in [0, 0.1) is 0 Å². The van der Waals surface area contributed by atoms with E-state index in [4.69, 9.17) is 14.2 Å². The molecule has 8 nitrogen and oxygen atoms in total. The lowest BCUT2D eigenvalue weighted by Crippen LogP contribution is -2.38. The second-order valence-corrected chi connectivity index (χ2v) is 6.77. The van der Waals surface area contributed by atoms with Gasteiger partial charge in [-0.15, -0.1) is 0 Å². The quantitative estimate of drug-likeness (QED) is 0.777. The molecule has 0 spiro atoms. The lowest BCUT2D eigenvalue weighted by atomic mass is 9.82. The molecular weight excluding hydrogens is 354 g/mol. The zero-order chi connectivity index (χ0) is 19.8. The van der Waals surface area contributed by atoms with E-state index in [1.807, 2.05) is 0 Å². The van der Waals surface area contributed by atoms with E-state index in [1.54, 1.807) is 32.0 Å². The van der Waals surface area contributed by atoms with Crippen LogP contribution in [0.5, 0.6) is 11.5 Å². The summed E-state index contributed by atoms with van der Waals surface area (Å²) in [5, 5.41) is 2.77. The normalized spacial score (nSPS) is 20.5. The highest BCUT2D eigenvalue weighted by Gasteiger charge is 2.47. The number of cyclic esters (lactones) is 1. The Bertz CT molecular complexity index is 840. The Morgan fingerprint density at radius 3 is 2.67 bits per heavy atom. The minimum Gasteiger partial charge on any atom is -0.493 e. The van der Waals surface area contributed by atoms with E-state index >= 15 is 0 Å². The van der Waals surface area contributed by atoms with E-state index in [-0.39, 0.29) is 18.9 Å². The molecule has 8 heteroatoms. The molecule has 2 aliphatic rings. The summed E-state index contributed by atoms with van der Waals surface area (Å²) in [5.74, 6) is -0.854. The van der Waals surface area contributed by atoms with Gasteiger partial charge in [0.1, 0.15) is 5.60 Å². The van der Waals surface area contributed by atoms with Crippen molar-refractivity contribution in [2.45, 2.75) is 31.8 Å². The van der Waals surface area contributed by atoms with Crippen LogP contribution in [-0.4, -0.2) is 44.3 Å². The molecule has 1 atom stereocenters. The number of rotatable bonds is 5. The highest BCUT2D eigenvalue weighted by Crippen LogP contribution is 2.44. The summed E-state index contributed by atoms with van der Waals surface area (Å²) in [6.07, 6.45) is 0.121. The maximum Gasteiger partial charge on any atom is 0.343 e. The van der Waals surface area contributed by atoms with Crippen LogP contribution in [0.25, 0.3) is 0 Å². The Morgan fingerprint density at radius 1 is 1.26 bits per heavy atom. The molecule has 3 rings (SSSR count). The standard InChI is InChI=1S/C19H21NO7/c1-19(2)17-16(18(23)27-19)11(8-14(21)20-17)10-5-6-12(13(7-10)24-3)26-9-15(22)25-4/h5-7,11H,8-9H2,1-4H3,(H,20,21)/t11-/m1/s1. The molecule has 27 heavy (non-hydrogen) atoms. The summed E-state index contributed by atoms with van der Waals surface area (Å²) >= 11 is 0. The summed E-state index contributed by atoms with van der Waals surface area (Å²) in [7, 11) is 2.74. The van der Waals surface area contributed by atoms with Gasteiger partial charge in [-0.2, -0.15) is 0 Å². The molecule has 2 heterocycles. The molecule has 144 valence electrons. The molecular formula is C19H21NO7. The number of hydrogen-bond donors (Lipinski definition) is 1. The van der Waals surface area contributed by atoms with Gasteiger partial charge in [0.25, 0.3) is 0 Å². The molecule has 1 amide bonds. The zero-order valence-electron chi connectivity index (χ0n) is 15.6. The number of esters is 2. The SMILES string of the molecule is COC(=O)COc1ccc([C@H]2CC(=O)NC3=C2C(=O)OC3(C)C)cc1OC. The van der Waals surface area contributed by atoms with Crippen molar-refractivity contribution in [3.05, 3.63) is 35.0 Å². The fraction of sp³-hybridized carbons (Fsp3) is 0.421. The molecule has 0 saturated heterocycles. The summed E-state index contributed by atoms with van der Waals surface area (Å²) in [6, 6.07) is 5.07. The van der Waals surface area contributed by atoms with Gasteiger partial charge in [-0.3, -0.25) is 4.79 Å². The second kappa shape index (κ2) is 6.94. The third-order valence-electron chi connectivity index (χ3n) is 4.60. The van der Waals surface area contributed by atoms with Gasteiger partial charge in [-0.25, -0.2) is 9.59 Å². The molecule has 1 N–H and O–H groups in total. The molecule has 1 aromatic rings. The predicted molar refractivity (Wildman–Crippen MR) is 93.2 cm³/mol. The smallest absolute Gasteiger partial charge is 0.343 e. The largest absolute Gasteiger partial charge is 0.493 e. The maximum absolute atomic E-state index is 12.4. The zero-order valence-corrected chi connectivity index (χ0v) is 15.6. The third kappa shape index (κ3) is 3.47. The van der Waals surface area contributed by atoms with Crippen LogP contribution in [0.1, 0.15) is 31.7 Å². The fourth-order valence-corrected chi connectivity index (χ4v) is 3.28. The molecule has 0 fully saturated rings. The molecule has 0 radical (unpaired) electrons. The molecule has 2 aliphatic heterocycles. The minimum absolute atomic E-state index is 0.121. The number of benzene rings is 1. The number of hydrogen-bond acceptors (Lipinski definition) is 7. The van der Waals surface area contributed by atoms with Crippen molar-refractivity contribution in [3.63, 3.8) is 0 Å². The molecule has 0 aliphatic carbocycles. The number of carbonyl (C=O) groups excluding carboxylic acids is 3. The number of amides is 1. The Hall–Kier alpha value is -3.03. The van der Waals surface area contributed by atoms with Gasteiger partial charge in [0.15, 0.2) is 18.1 Å². The topological polar surface area (TPSA) is 100 Å². The minimum atomic E-state index is -0.881. The van der Waals surface area contributed by atoms with E-state index in [1.165, 1.54) is 14.2 Å². The highest BCUT2D eigenvalue weighted by molar-refractivity contribution is 5.99. The molecule has 1 aromatic carbocycles. The molecule has 0 unspecified atom stereocenters. The predicted octanol–water partition coefficient (Wildman–Crippen LogP) is 1.44. The lowest BCUT2D eigenvalue weighted by Gasteiger charge is -2.27. The van der Waals surface area contributed by atoms with Crippen molar-refractivity contribution in [2.75, 3.05) is 20.8 Å². The Kier molecular flexibility index (Phi) is 4.82. The van der Waals surface area contributed by atoms with Crippen LogP contribution in [0.2, 0.25) is 0 Å². The highest BCUT2D eigenvalue weighted by atomic mass is 16.6. The van der Waals surface area contributed by atoms with Crippen molar-refractivity contribution >= 4 is 17.8 Å². The third-order valence-corrected chi connectivity index (χ3v) is 4.60. The number of ether oxygens (including phenoxy) is 4. The maximum atomic E-state index is 12.4. The molecule has 0 bridgehead atoms. The molecule has 0 aromatic heterocycles. The van der Waals surface area contributed by atoms with Crippen molar-refractivity contribution in [1.82, 2.24) is 5.32 Å². The van der Waals surface area contributed by atoms with Gasteiger partial charge < -0.3 is 24.3 Å². The summed E-state index contributed by atoms with van der Waals surface area (Å²) in [6.45, 7) is 3.22. The van der Waals surface area contributed by atoms with E-state index in [0.29, 0.717) is 28.3 Å². The summed E-state index contributed by atoms with van der Waals surface area (Å²) in [5.41, 5.74) is 0.784. The first-order valence-corrected chi connectivity index (χ1v) is 8.42. The van der Waals surface area contributed by atoms with Gasteiger partial charge in [0, 0.05) is 12.3 Å². The Morgan fingerprint density at radius 2 is 2.00 bits per heavy atom. The van der Waals surface area contributed by atoms with Gasteiger partial charge in [-0.05, 0) is 31.5 Å². The van der Waals surface area contributed by atoms with E-state index in [0.717, 1.165) is 0 Å². The first-order chi connectivity index (χ1) is 12.8. The van der Waals surface area contributed by atoms with Crippen molar-refractivity contribution in [1.29, 1.82) is 0 Å². The molecule has 0 saturated carbocycles. The lowest BCUT2D eigenvalue weighted by molar-refractivity contribution is -0.145. The first-order valence-electron chi connectivity index (χ1n) is 8.42. The van der Waals surface area contributed by atoms with E-state index in [9.17, 15) is 14.4 Å². The number of carbonyl (C=O) groups is 3. The van der Waals surface area contributed by atoms with Crippen LogP contribution in [0.4, 0.5) is 0 Å². The van der Waals surface area contributed by atoms with Crippen molar-refractivity contribution in [2.24, 2.45) is 0 Å². The van der Waals surface area contributed by atoms with Gasteiger partial charge in [0.05, 0.1) is 25.5 Å². The number of nitrogens with one attached hydrogen (secondary N) is 1. The van der Waals surface area contributed by atoms with Gasteiger partial charge >= 0.3 is 11.9 Å². The monoisotopic (exact) mass is 375 g/mol.